The Bertz CT molecular complexity index is 1320. The van der Waals surface area contributed by atoms with Gasteiger partial charge in [0.25, 0.3) is 0 Å². The maximum absolute atomic E-state index is 12.0. The lowest BCUT2D eigenvalue weighted by atomic mass is 10.0. The number of fused-ring (bicyclic) bond motifs is 2. The third-order valence-electron chi connectivity index (χ3n) is 4.94. The molecule has 0 radical (unpaired) electrons. The topological polar surface area (TPSA) is 72.6 Å². The summed E-state index contributed by atoms with van der Waals surface area (Å²) in [6.45, 7) is 0. The molecule has 0 aliphatic heterocycles. The van der Waals surface area contributed by atoms with Gasteiger partial charge in [-0.05, 0) is 35.0 Å². The van der Waals surface area contributed by atoms with E-state index in [1.54, 1.807) is 24.3 Å². The highest BCUT2D eigenvalue weighted by atomic mass is 16.5. The summed E-state index contributed by atoms with van der Waals surface area (Å²) in [5, 5.41) is 11.7. The maximum Gasteiger partial charge on any atom is 0.349 e. The van der Waals surface area contributed by atoms with Crippen molar-refractivity contribution in [3.05, 3.63) is 96.6 Å². The molecule has 0 saturated carbocycles. The minimum absolute atomic E-state index is 0.383. The van der Waals surface area contributed by atoms with Crippen molar-refractivity contribution in [1.29, 1.82) is 0 Å². The molecule has 0 spiro atoms. The van der Waals surface area contributed by atoms with E-state index in [0.29, 0.717) is 28.4 Å². The van der Waals surface area contributed by atoms with Gasteiger partial charge in [0.15, 0.2) is 5.58 Å². The zero-order valence-corrected chi connectivity index (χ0v) is 15.9. The third kappa shape index (κ3) is 3.26. The fourth-order valence-electron chi connectivity index (χ4n) is 3.49. The van der Waals surface area contributed by atoms with E-state index in [1.165, 1.54) is 0 Å². The molecular weight excluding hydrogens is 378 g/mol. The highest BCUT2D eigenvalue weighted by Gasteiger charge is 2.25. The van der Waals surface area contributed by atoms with Crippen LogP contribution >= 0.6 is 0 Å². The average Bonchev–Trinajstić information content (AvgIpc) is 3.21. The van der Waals surface area contributed by atoms with Gasteiger partial charge in [-0.15, -0.1) is 0 Å². The molecule has 0 fully saturated rings. The highest BCUT2D eigenvalue weighted by Crippen LogP contribution is 2.37. The molecule has 5 nitrogen and oxygen atoms in total. The predicted octanol–water partition coefficient (Wildman–Crippen LogP) is 5.85. The van der Waals surface area contributed by atoms with E-state index in [-0.39, 0.29) is 0 Å². The number of carboxylic acid groups (broad SMARTS) is 1. The number of aromatic nitrogens is 1. The lowest BCUT2D eigenvalue weighted by Gasteiger charge is -2.18. The van der Waals surface area contributed by atoms with Crippen molar-refractivity contribution in [2.24, 2.45) is 0 Å². The van der Waals surface area contributed by atoms with Gasteiger partial charge in [0.2, 0.25) is 12.0 Å². The monoisotopic (exact) mass is 395 g/mol. The molecule has 1 atom stereocenters. The molecule has 146 valence electrons. The highest BCUT2D eigenvalue weighted by molar-refractivity contribution is 5.90. The first-order valence-electron chi connectivity index (χ1n) is 9.52. The van der Waals surface area contributed by atoms with Crippen LogP contribution in [0.1, 0.15) is 11.7 Å². The fourth-order valence-corrected chi connectivity index (χ4v) is 3.49. The molecular formula is C25H17NO4. The van der Waals surface area contributed by atoms with Gasteiger partial charge in [-0.3, -0.25) is 0 Å². The van der Waals surface area contributed by atoms with E-state index in [1.807, 2.05) is 66.7 Å². The molecule has 1 heterocycles. The fraction of sp³-hybridized carbons (Fsp3) is 0.0400. The number of para-hydroxylation sites is 2. The SMILES string of the molecule is O=C(O)C(Oc1cc2ccccc2cc1-c1nc2ccccc2o1)c1ccccc1. The first kappa shape index (κ1) is 17.9. The quantitative estimate of drug-likeness (QED) is 0.404. The average molecular weight is 395 g/mol. The Balaban J connectivity index is 1.68. The summed E-state index contributed by atoms with van der Waals surface area (Å²) in [6, 6.07) is 27.9. The predicted molar refractivity (Wildman–Crippen MR) is 114 cm³/mol. The van der Waals surface area contributed by atoms with Crippen LogP contribution in [0.15, 0.2) is 95.4 Å². The van der Waals surface area contributed by atoms with E-state index < -0.39 is 12.1 Å². The van der Waals surface area contributed by atoms with Crippen LogP contribution in [0.2, 0.25) is 0 Å². The number of hydrogen-bond acceptors (Lipinski definition) is 4. The number of rotatable bonds is 5. The summed E-state index contributed by atoms with van der Waals surface area (Å²) in [6.07, 6.45) is -1.16. The van der Waals surface area contributed by atoms with Crippen LogP contribution in [0, 0.1) is 0 Å². The Morgan fingerprint density at radius 2 is 1.53 bits per heavy atom. The van der Waals surface area contributed by atoms with Crippen molar-refractivity contribution in [3.63, 3.8) is 0 Å². The van der Waals surface area contributed by atoms with Crippen molar-refractivity contribution in [1.82, 2.24) is 4.98 Å². The second kappa shape index (κ2) is 7.37. The Morgan fingerprint density at radius 1 is 0.867 bits per heavy atom. The molecule has 0 bridgehead atoms. The Labute approximate surface area is 172 Å². The summed E-state index contributed by atoms with van der Waals surface area (Å²) in [5.41, 5.74) is 2.54. The summed E-state index contributed by atoms with van der Waals surface area (Å²) in [5.74, 6) is -0.288. The van der Waals surface area contributed by atoms with E-state index in [0.717, 1.165) is 16.3 Å². The van der Waals surface area contributed by atoms with Gasteiger partial charge in [-0.1, -0.05) is 66.7 Å². The Kier molecular flexibility index (Phi) is 4.41. The molecule has 1 unspecified atom stereocenters. The first-order valence-corrected chi connectivity index (χ1v) is 9.52. The van der Waals surface area contributed by atoms with Crippen molar-refractivity contribution >= 4 is 27.8 Å². The first-order chi connectivity index (χ1) is 14.7. The number of hydrogen-bond donors (Lipinski definition) is 1. The Hall–Kier alpha value is -4.12. The van der Waals surface area contributed by atoms with Gasteiger partial charge in [-0.2, -0.15) is 0 Å². The minimum Gasteiger partial charge on any atom is -0.478 e. The van der Waals surface area contributed by atoms with Gasteiger partial charge < -0.3 is 14.3 Å². The van der Waals surface area contributed by atoms with Crippen LogP contribution in [0.4, 0.5) is 0 Å². The number of aliphatic carboxylic acids is 1. The summed E-state index contributed by atoms with van der Waals surface area (Å²) in [4.78, 5) is 16.6. The van der Waals surface area contributed by atoms with Crippen LogP contribution in [0.5, 0.6) is 5.75 Å². The molecule has 5 aromatic rings. The van der Waals surface area contributed by atoms with Crippen LogP contribution in [-0.4, -0.2) is 16.1 Å². The van der Waals surface area contributed by atoms with Crippen molar-refractivity contribution in [2.45, 2.75) is 6.10 Å². The third-order valence-corrected chi connectivity index (χ3v) is 4.94. The molecule has 30 heavy (non-hydrogen) atoms. The molecule has 4 aromatic carbocycles. The molecule has 5 rings (SSSR count). The van der Waals surface area contributed by atoms with E-state index in [9.17, 15) is 9.90 Å². The lowest BCUT2D eigenvalue weighted by Crippen LogP contribution is -2.18. The van der Waals surface area contributed by atoms with Crippen LogP contribution in [0.25, 0.3) is 33.3 Å². The van der Waals surface area contributed by atoms with Gasteiger partial charge in [0, 0.05) is 5.56 Å². The summed E-state index contributed by atoms with van der Waals surface area (Å²) < 4.78 is 12.0. The van der Waals surface area contributed by atoms with Crippen molar-refractivity contribution < 1.29 is 19.1 Å². The number of carbonyl (C=O) groups is 1. The van der Waals surface area contributed by atoms with E-state index in [4.69, 9.17) is 9.15 Å². The second-order valence-electron chi connectivity index (χ2n) is 6.93. The van der Waals surface area contributed by atoms with Crippen LogP contribution in [-0.2, 0) is 4.79 Å². The smallest absolute Gasteiger partial charge is 0.349 e. The summed E-state index contributed by atoms with van der Waals surface area (Å²) in [7, 11) is 0. The zero-order valence-electron chi connectivity index (χ0n) is 15.9. The number of ether oxygens (including phenoxy) is 1. The normalized spacial score (nSPS) is 12.1. The molecule has 0 aliphatic carbocycles. The molecule has 1 N–H and O–H groups in total. The lowest BCUT2D eigenvalue weighted by molar-refractivity contribution is -0.145. The standard InChI is InChI=1S/C25H17NO4/c27-25(28)23(16-8-2-1-3-9-16)29-22-15-18-11-5-4-10-17(18)14-19(22)24-26-20-12-6-7-13-21(20)30-24/h1-15,23H,(H,27,28). The van der Waals surface area contributed by atoms with Gasteiger partial charge in [-0.25, -0.2) is 9.78 Å². The van der Waals surface area contributed by atoms with Gasteiger partial charge >= 0.3 is 5.97 Å². The largest absolute Gasteiger partial charge is 0.478 e. The number of carboxylic acids is 1. The second-order valence-corrected chi connectivity index (χ2v) is 6.93. The van der Waals surface area contributed by atoms with E-state index >= 15 is 0 Å². The molecule has 0 saturated heterocycles. The van der Waals surface area contributed by atoms with Crippen molar-refractivity contribution in [3.8, 4) is 17.2 Å². The Morgan fingerprint density at radius 3 is 2.27 bits per heavy atom. The molecule has 1 aromatic heterocycles. The molecule has 0 amide bonds. The summed E-state index contributed by atoms with van der Waals surface area (Å²) >= 11 is 0. The molecule has 0 aliphatic rings. The number of oxazole rings is 1. The van der Waals surface area contributed by atoms with Crippen molar-refractivity contribution in [2.75, 3.05) is 0 Å². The maximum atomic E-state index is 12.0. The minimum atomic E-state index is -1.16. The zero-order chi connectivity index (χ0) is 20.5. The van der Waals surface area contributed by atoms with Gasteiger partial charge in [0.05, 0.1) is 5.56 Å². The molecule has 5 heteroatoms. The number of benzene rings is 4. The van der Waals surface area contributed by atoms with Gasteiger partial charge in [0.1, 0.15) is 11.3 Å². The number of nitrogens with zero attached hydrogens (tertiary/aromatic N) is 1. The van der Waals surface area contributed by atoms with Crippen LogP contribution < -0.4 is 4.74 Å². The van der Waals surface area contributed by atoms with E-state index in [2.05, 4.69) is 4.98 Å². The van der Waals surface area contributed by atoms with Crippen LogP contribution in [0.3, 0.4) is 0 Å².